The van der Waals surface area contributed by atoms with Crippen molar-refractivity contribution >= 4 is 11.8 Å². The molecule has 4 rings (SSSR count). The van der Waals surface area contributed by atoms with Crippen LogP contribution in [0.4, 0.5) is 11.8 Å². The van der Waals surface area contributed by atoms with Crippen molar-refractivity contribution in [1.82, 2.24) is 19.7 Å². The molecular formula is C18H24N6O2. The molecule has 138 valence electrons. The van der Waals surface area contributed by atoms with Crippen LogP contribution in [0.2, 0.25) is 0 Å². The molecule has 0 spiro atoms. The zero-order valence-corrected chi connectivity index (χ0v) is 15.2. The zero-order valence-electron chi connectivity index (χ0n) is 15.2. The molecule has 0 amide bonds. The molecule has 0 saturated carbocycles. The highest BCUT2D eigenvalue weighted by molar-refractivity contribution is 5.41. The van der Waals surface area contributed by atoms with Gasteiger partial charge in [0.2, 0.25) is 5.95 Å². The third-order valence-electron chi connectivity index (χ3n) is 5.01. The second-order valence-corrected chi connectivity index (χ2v) is 7.09. The third-order valence-corrected chi connectivity index (χ3v) is 5.01. The summed E-state index contributed by atoms with van der Waals surface area (Å²) < 4.78 is 7.23. The predicted octanol–water partition coefficient (Wildman–Crippen LogP) is 1.03. The first-order valence-electron chi connectivity index (χ1n) is 9.08. The Morgan fingerprint density at radius 1 is 1.27 bits per heavy atom. The van der Waals surface area contributed by atoms with Crippen LogP contribution in [-0.4, -0.2) is 53.1 Å². The van der Waals surface area contributed by atoms with Gasteiger partial charge in [0.15, 0.2) is 0 Å². The fourth-order valence-corrected chi connectivity index (χ4v) is 3.57. The van der Waals surface area contributed by atoms with E-state index in [0.717, 1.165) is 42.8 Å². The molecule has 0 bridgehead atoms. The van der Waals surface area contributed by atoms with Crippen LogP contribution in [-0.2, 0) is 17.6 Å². The Labute approximate surface area is 152 Å². The normalized spacial score (nSPS) is 22.1. The molecule has 2 atom stereocenters. The molecule has 2 aliphatic rings. The molecule has 0 radical (unpaired) electrons. The summed E-state index contributed by atoms with van der Waals surface area (Å²) in [5.41, 5.74) is 2.09. The van der Waals surface area contributed by atoms with Crippen molar-refractivity contribution in [2.45, 2.75) is 37.8 Å². The van der Waals surface area contributed by atoms with E-state index < -0.39 is 0 Å². The SMILES string of the molecule is CN(C)c1ccnc(NC2COCC2n2nc3c(cc2=O)CCCC3)n1. The maximum atomic E-state index is 12.6. The minimum atomic E-state index is -0.165. The van der Waals surface area contributed by atoms with E-state index in [1.807, 2.05) is 25.1 Å². The summed E-state index contributed by atoms with van der Waals surface area (Å²) in [4.78, 5) is 23.3. The van der Waals surface area contributed by atoms with Gasteiger partial charge in [-0.05, 0) is 37.3 Å². The van der Waals surface area contributed by atoms with Crippen molar-refractivity contribution in [3.63, 3.8) is 0 Å². The second-order valence-electron chi connectivity index (χ2n) is 7.09. The highest BCUT2D eigenvalue weighted by Crippen LogP contribution is 2.23. The number of nitrogens with zero attached hydrogens (tertiary/aromatic N) is 5. The third kappa shape index (κ3) is 3.29. The number of anilines is 2. The van der Waals surface area contributed by atoms with Crippen LogP contribution in [0.3, 0.4) is 0 Å². The summed E-state index contributed by atoms with van der Waals surface area (Å²) in [5, 5.41) is 7.99. The van der Waals surface area contributed by atoms with Crippen LogP contribution < -0.4 is 15.8 Å². The molecule has 8 heteroatoms. The molecule has 2 aromatic heterocycles. The molecule has 1 aliphatic heterocycles. The Bertz CT molecular complexity index is 850. The summed E-state index contributed by atoms with van der Waals surface area (Å²) in [6.45, 7) is 0.947. The highest BCUT2D eigenvalue weighted by atomic mass is 16.5. The molecular weight excluding hydrogens is 332 g/mol. The van der Waals surface area contributed by atoms with E-state index in [4.69, 9.17) is 4.74 Å². The van der Waals surface area contributed by atoms with Crippen LogP contribution in [0.15, 0.2) is 23.1 Å². The monoisotopic (exact) mass is 356 g/mol. The van der Waals surface area contributed by atoms with E-state index >= 15 is 0 Å². The first-order valence-corrected chi connectivity index (χ1v) is 9.08. The quantitative estimate of drug-likeness (QED) is 0.876. The average molecular weight is 356 g/mol. The molecule has 0 aromatic carbocycles. The second kappa shape index (κ2) is 7.03. The van der Waals surface area contributed by atoms with Crippen LogP contribution >= 0.6 is 0 Å². The van der Waals surface area contributed by atoms with Gasteiger partial charge in [-0.3, -0.25) is 4.79 Å². The van der Waals surface area contributed by atoms with E-state index in [0.29, 0.717) is 19.2 Å². The average Bonchev–Trinajstić information content (AvgIpc) is 3.09. The molecule has 1 N–H and O–H groups in total. The van der Waals surface area contributed by atoms with Gasteiger partial charge in [-0.2, -0.15) is 10.1 Å². The van der Waals surface area contributed by atoms with Gasteiger partial charge in [-0.15, -0.1) is 0 Å². The molecule has 2 unspecified atom stereocenters. The number of hydrogen-bond acceptors (Lipinski definition) is 7. The Morgan fingerprint density at radius 3 is 2.96 bits per heavy atom. The summed E-state index contributed by atoms with van der Waals surface area (Å²) in [6, 6.07) is 3.34. The molecule has 1 aliphatic carbocycles. The lowest BCUT2D eigenvalue weighted by molar-refractivity contribution is 0.182. The fourth-order valence-electron chi connectivity index (χ4n) is 3.57. The van der Waals surface area contributed by atoms with Gasteiger partial charge in [0, 0.05) is 26.4 Å². The first kappa shape index (κ1) is 17.0. The molecule has 3 heterocycles. The van der Waals surface area contributed by atoms with Gasteiger partial charge < -0.3 is 15.0 Å². The minimum absolute atomic E-state index is 0.0593. The van der Waals surface area contributed by atoms with Crippen LogP contribution in [0.5, 0.6) is 0 Å². The topological polar surface area (TPSA) is 85.2 Å². The number of fused-ring (bicyclic) bond motifs is 1. The van der Waals surface area contributed by atoms with Crippen molar-refractivity contribution in [3.8, 4) is 0 Å². The van der Waals surface area contributed by atoms with E-state index in [1.54, 1.807) is 16.9 Å². The fraction of sp³-hybridized carbons (Fsp3) is 0.556. The molecule has 8 nitrogen and oxygen atoms in total. The van der Waals surface area contributed by atoms with Gasteiger partial charge in [0.1, 0.15) is 11.9 Å². The first-order chi connectivity index (χ1) is 12.6. The highest BCUT2D eigenvalue weighted by Gasteiger charge is 2.32. The number of ether oxygens (including phenoxy) is 1. The summed E-state index contributed by atoms with van der Waals surface area (Å²) in [6.07, 6.45) is 5.88. The van der Waals surface area contributed by atoms with Crippen molar-refractivity contribution in [2.24, 2.45) is 0 Å². The molecule has 26 heavy (non-hydrogen) atoms. The number of hydrogen-bond donors (Lipinski definition) is 1. The lowest BCUT2D eigenvalue weighted by atomic mass is 9.97. The summed E-state index contributed by atoms with van der Waals surface area (Å²) >= 11 is 0. The molecule has 1 saturated heterocycles. The Kier molecular flexibility index (Phi) is 4.58. The minimum Gasteiger partial charge on any atom is -0.377 e. The van der Waals surface area contributed by atoms with Crippen molar-refractivity contribution in [2.75, 3.05) is 37.5 Å². The molecule has 2 aromatic rings. The van der Waals surface area contributed by atoms with Crippen molar-refractivity contribution in [1.29, 1.82) is 0 Å². The van der Waals surface area contributed by atoms with Gasteiger partial charge in [-0.1, -0.05) is 0 Å². The Hall–Kier alpha value is -2.48. The van der Waals surface area contributed by atoms with Gasteiger partial charge >= 0.3 is 0 Å². The van der Waals surface area contributed by atoms with Crippen molar-refractivity contribution in [3.05, 3.63) is 39.9 Å². The van der Waals surface area contributed by atoms with E-state index in [9.17, 15) is 4.79 Å². The Morgan fingerprint density at radius 2 is 2.12 bits per heavy atom. The predicted molar refractivity (Wildman–Crippen MR) is 98.8 cm³/mol. The van der Waals surface area contributed by atoms with Gasteiger partial charge in [0.05, 0.1) is 24.9 Å². The zero-order chi connectivity index (χ0) is 18.1. The number of nitrogens with one attached hydrogen (secondary N) is 1. The summed E-state index contributed by atoms with van der Waals surface area (Å²) in [7, 11) is 3.87. The molecule has 1 fully saturated rings. The number of rotatable bonds is 4. The maximum Gasteiger partial charge on any atom is 0.267 e. The van der Waals surface area contributed by atoms with Crippen molar-refractivity contribution < 1.29 is 4.74 Å². The van der Waals surface area contributed by atoms with Crippen LogP contribution in [0.1, 0.15) is 30.1 Å². The number of aromatic nitrogens is 4. The van der Waals surface area contributed by atoms with E-state index in [1.165, 1.54) is 0 Å². The van der Waals surface area contributed by atoms with Gasteiger partial charge in [0.25, 0.3) is 5.56 Å². The smallest absolute Gasteiger partial charge is 0.267 e. The lowest BCUT2D eigenvalue weighted by Crippen LogP contribution is -2.38. The maximum absolute atomic E-state index is 12.6. The number of aryl methyl sites for hydroxylation is 2. The van der Waals surface area contributed by atoms with Crippen LogP contribution in [0.25, 0.3) is 0 Å². The van der Waals surface area contributed by atoms with Gasteiger partial charge in [-0.25, -0.2) is 9.67 Å². The van der Waals surface area contributed by atoms with Crippen LogP contribution in [0, 0.1) is 0 Å². The summed E-state index contributed by atoms with van der Waals surface area (Å²) in [5.74, 6) is 1.35. The van der Waals surface area contributed by atoms with E-state index in [-0.39, 0.29) is 17.6 Å². The standard InChI is InChI=1S/C18H24N6O2/c1-23(2)16-7-8-19-18(21-16)20-14-10-26-11-15(14)24-17(25)9-12-5-3-4-6-13(12)22-24/h7-9,14-15H,3-6,10-11H2,1-2H3,(H,19,20,21). The van der Waals surface area contributed by atoms with E-state index in [2.05, 4.69) is 20.4 Å². The lowest BCUT2D eigenvalue weighted by Gasteiger charge is -2.23. The Balaban J connectivity index is 1.59. The largest absolute Gasteiger partial charge is 0.377 e.